The molecule has 0 bridgehead atoms. The van der Waals surface area contributed by atoms with Crippen LogP contribution in [-0.4, -0.2) is 21.0 Å². The van der Waals surface area contributed by atoms with Crippen molar-refractivity contribution in [2.45, 2.75) is 6.92 Å². The predicted octanol–water partition coefficient (Wildman–Crippen LogP) is 3.31. The van der Waals surface area contributed by atoms with Crippen molar-refractivity contribution in [3.05, 3.63) is 42.9 Å². The molecule has 10 heteroatoms. The second kappa shape index (κ2) is 5.70. The molecule has 0 unspecified atom stereocenters. The summed E-state index contributed by atoms with van der Waals surface area (Å²) in [6, 6.07) is 2.30. The maximum absolute atomic E-state index is 12.0. The Labute approximate surface area is 126 Å². The topological polar surface area (TPSA) is 98.0 Å². The summed E-state index contributed by atoms with van der Waals surface area (Å²) in [6.07, 6.45) is 0. The van der Waals surface area contributed by atoms with E-state index in [9.17, 15) is 14.9 Å². The molecular weight excluding hydrogens is 327 g/mol. The van der Waals surface area contributed by atoms with Gasteiger partial charge in [0.05, 0.1) is 9.95 Å². The van der Waals surface area contributed by atoms with Crippen molar-refractivity contribution < 1.29 is 9.72 Å². The van der Waals surface area contributed by atoms with Gasteiger partial charge in [-0.15, -0.1) is 10.2 Å². The van der Waals surface area contributed by atoms with Crippen LogP contribution in [0.3, 0.4) is 0 Å². The number of hydrogen-bond acceptors (Lipinski definition) is 6. The summed E-state index contributed by atoms with van der Waals surface area (Å²) < 4.78 is 0. The molecule has 1 aromatic carbocycles. The average molecular weight is 333 g/mol. The molecule has 104 valence electrons. The number of aryl methyl sites for hydroxylation is 1. The van der Waals surface area contributed by atoms with Gasteiger partial charge in [-0.3, -0.25) is 20.2 Å². The molecule has 0 fully saturated rings. The largest absolute Gasteiger partial charge is 0.296 e. The highest BCUT2D eigenvalue weighted by Crippen LogP contribution is 2.33. The van der Waals surface area contributed by atoms with Crippen LogP contribution in [0.25, 0.3) is 0 Å². The van der Waals surface area contributed by atoms with Crippen molar-refractivity contribution in [2.75, 3.05) is 5.32 Å². The standard InChI is InChI=1S/C10H6Cl2N4O3S/c1-4-14-15-10(20-4)13-9(17)5-2-6(11)8(12)7(3-5)16(18)19/h2-3H,1H3,(H,13,15,17). The summed E-state index contributed by atoms with van der Waals surface area (Å²) in [5, 5.41) is 21.5. The van der Waals surface area contributed by atoms with E-state index in [4.69, 9.17) is 23.2 Å². The Bertz CT molecular complexity index is 704. The summed E-state index contributed by atoms with van der Waals surface area (Å²) in [5.41, 5.74) is -0.420. The fourth-order valence-corrected chi connectivity index (χ4v) is 2.33. The minimum Gasteiger partial charge on any atom is -0.296 e. The SMILES string of the molecule is Cc1nnc(NC(=O)c2cc(Cl)c(Cl)c([N+](=O)[O-])c2)s1. The molecule has 0 spiro atoms. The van der Waals surface area contributed by atoms with Crippen LogP contribution >= 0.6 is 34.5 Å². The van der Waals surface area contributed by atoms with E-state index in [2.05, 4.69) is 15.5 Å². The van der Waals surface area contributed by atoms with Crippen LogP contribution in [0.15, 0.2) is 12.1 Å². The summed E-state index contributed by atoms with van der Waals surface area (Å²) in [5.74, 6) is -0.581. The minimum absolute atomic E-state index is 0.0129. The third kappa shape index (κ3) is 3.03. The van der Waals surface area contributed by atoms with Gasteiger partial charge in [0.15, 0.2) is 0 Å². The number of carbonyl (C=O) groups is 1. The third-order valence-electron chi connectivity index (χ3n) is 2.21. The van der Waals surface area contributed by atoms with E-state index >= 15 is 0 Å². The number of aromatic nitrogens is 2. The second-order valence-electron chi connectivity index (χ2n) is 3.63. The highest BCUT2D eigenvalue weighted by atomic mass is 35.5. The number of carbonyl (C=O) groups excluding carboxylic acids is 1. The lowest BCUT2D eigenvalue weighted by Gasteiger charge is -2.04. The van der Waals surface area contributed by atoms with Crippen molar-refractivity contribution in [1.82, 2.24) is 10.2 Å². The Morgan fingerprint density at radius 3 is 2.65 bits per heavy atom. The molecule has 0 radical (unpaired) electrons. The van der Waals surface area contributed by atoms with E-state index in [1.54, 1.807) is 6.92 Å². The molecule has 20 heavy (non-hydrogen) atoms. The molecule has 0 aliphatic rings. The van der Waals surface area contributed by atoms with Crippen molar-refractivity contribution in [2.24, 2.45) is 0 Å². The van der Waals surface area contributed by atoms with Crippen molar-refractivity contribution in [1.29, 1.82) is 0 Å². The summed E-state index contributed by atoms with van der Waals surface area (Å²) in [6.45, 7) is 1.73. The number of nitrogens with zero attached hydrogens (tertiary/aromatic N) is 3. The lowest BCUT2D eigenvalue weighted by molar-refractivity contribution is -0.384. The lowest BCUT2D eigenvalue weighted by Crippen LogP contribution is -2.12. The molecule has 0 saturated carbocycles. The summed E-state index contributed by atoms with van der Waals surface area (Å²) >= 11 is 12.7. The van der Waals surface area contributed by atoms with Gasteiger partial charge < -0.3 is 0 Å². The van der Waals surface area contributed by atoms with Gasteiger partial charge in [0.2, 0.25) is 5.13 Å². The van der Waals surface area contributed by atoms with E-state index in [1.807, 2.05) is 0 Å². The van der Waals surface area contributed by atoms with Crippen molar-refractivity contribution in [3.63, 3.8) is 0 Å². The number of anilines is 1. The molecule has 2 rings (SSSR count). The van der Waals surface area contributed by atoms with Gasteiger partial charge in [0.25, 0.3) is 11.6 Å². The molecule has 2 aromatic rings. The third-order valence-corrected chi connectivity index (χ3v) is 3.76. The Balaban J connectivity index is 2.32. The number of halogens is 2. The molecule has 0 aliphatic heterocycles. The van der Waals surface area contributed by atoms with Crippen LogP contribution in [0, 0.1) is 17.0 Å². The zero-order valence-corrected chi connectivity index (χ0v) is 12.2. The van der Waals surface area contributed by atoms with E-state index in [0.717, 1.165) is 6.07 Å². The van der Waals surface area contributed by atoms with Gasteiger partial charge in [-0.2, -0.15) is 0 Å². The van der Waals surface area contributed by atoms with Gasteiger partial charge in [-0.05, 0) is 13.0 Å². The van der Waals surface area contributed by atoms with Crippen molar-refractivity contribution in [3.8, 4) is 0 Å². The number of benzene rings is 1. The molecule has 1 N–H and O–H groups in total. The molecule has 7 nitrogen and oxygen atoms in total. The average Bonchev–Trinajstić information content (AvgIpc) is 2.77. The minimum atomic E-state index is -0.708. The van der Waals surface area contributed by atoms with Gasteiger partial charge in [-0.1, -0.05) is 34.5 Å². The first-order valence-electron chi connectivity index (χ1n) is 5.13. The molecule has 1 heterocycles. The first-order valence-corrected chi connectivity index (χ1v) is 6.70. The highest BCUT2D eigenvalue weighted by molar-refractivity contribution is 7.15. The van der Waals surface area contributed by atoms with Crippen LogP contribution in [0.4, 0.5) is 10.8 Å². The number of rotatable bonds is 3. The maximum Gasteiger partial charge on any atom is 0.290 e. The van der Waals surface area contributed by atoms with Gasteiger partial charge >= 0.3 is 0 Å². The Morgan fingerprint density at radius 2 is 2.10 bits per heavy atom. The van der Waals surface area contributed by atoms with Gasteiger partial charge in [-0.25, -0.2) is 0 Å². The molecule has 1 aromatic heterocycles. The number of nitrogens with one attached hydrogen (secondary N) is 1. The molecular formula is C10H6Cl2N4O3S. The zero-order chi connectivity index (χ0) is 14.9. The normalized spacial score (nSPS) is 10.3. The van der Waals surface area contributed by atoms with Crippen LogP contribution in [-0.2, 0) is 0 Å². The molecule has 0 aliphatic carbocycles. The number of nitro groups is 1. The van der Waals surface area contributed by atoms with E-state index < -0.39 is 16.5 Å². The van der Waals surface area contributed by atoms with E-state index in [1.165, 1.54) is 17.4 Å². The van der Waals surface area contributed by atoms with Crippen LogP contribution in [0.5, 0.6) is 0 Å². The van der Waals surface area contributed by atoms with Crippen LogP contribution in [0.2, 0.25) is 10.0 Å². The first-order chi connectivity index (χ1) is 9.38. The number of nitro benzene ring substituents is 1. The summed E-state index contributed by atoms with van der Waals surface area (Å²) in [7, 11) is 0. The number of amides is 1. The number of hydrogen-bond donors (Lipinski definition) is 1. The van der Waals surface area contributed by atoms with E-state index in [-0.39, 0.29) is 15.6 Å². The Morgan fingerprint density at radius 1 is 1.40 bits per heavy atom. The molecule has 0 atom stereocenters. The van der Waals surface area contributed by atoms with E-state index in [0.29, 0.717) is 10.1 Å². The first kappa shape index (κ1) is 14.6. The quantitative estimate of drug-likeness (QED) is 0.686. The fourth-order valence-electron chi connectivity index (χ4n) is 1.35. The maximum atomic E-state index is 12.0. The van der Waals surface area contributed by atoms with Crippen LogP contribution in [0.1, 0.15) is 15.4 Å². The summed E-state index contributed by atoms with van der Waals surface area (Å²) in [4.78, 5) is 22.1. The van der Waals surface area contributed by atoms with Crippen molar-refractivity contribution >= 4 is 51.3 Å². The van der Waals surface area contributed by atoms with Crippen LogP contribution < -0.4 is 5.32 Å². The molecule has 0 saturated heterocycles. The second-order valence-corrected chi connectivity index (χ2v) is 5.60. The predicted molar refractivity (Wildman–Crippen MR) is 75.7 cm³/mol. The lowest BCUT2D eigenvalue weighted by atomic mass is 10.2. The monoisotopic (exact) mass is 332 g/mol. The Kier molecular flexibility index (Phi) is 4.17. The highest BCUT2D eigenvalue weighted by Gasteiger charge is 2.20. The van der Waals surface area contributed by atoms with Gasteiger partial charge in [0.1, 0.15) is 10.0 Å². The zero-order valence-electron chi connectivity index (χ0n) is 9.89. The molecule has 1 amide bonds. The van der Waals surface area contributed by atoms with Gasteiger partial charge in [0, 0.05) is 11.6 Å². The Hall–Kier alpha value is -1.77. The fraction of sp³-hybridized carbons (Fsp3) is 0.100. The smallest absolute Gasteiger partial charge is 0.290 e.